The minimum Gasteiger partial charge on any atom is -0.397 e. The molecule has 0 radical (unpaired) electrons. The molecule has 3 aliphatic heterocycles. The van der Waals surface area contributed by atoms with Gasteiger partial charge < -0.3 is 26.4 Å². The van der Waals surface area contributed by atoms with Gasteiger partial charge in [0, 0.05) is 29.4 Å². The van der Waals surface area contributed by atoms with Gasteiger partial charge in [-0.15, -0.1) is 11.8 Å². The van der Waals surface area contributed by atoms with Gasteiger partial charge in [0.05, 0.1) is 40.8 Å². The van der Waals surface area contributed by atoms with Crippen LogP contribution in [-0.2, 0) is 4.74 Å². The van der Waals surface area contributed by atoms with E-state index in [9.17, 15) is 9.18 Å². The topological polar surface area (TPSA) is 101 Å². The molecule has 3 aliphatic rings. The third-order valence-corrected chi connectivity index (χ3v) is 8.20. The molecule has 1 fully saturated rings. The standard InChI is InChI=1S/C32H42FN5O2S/c1-20-14-25(33)24(16-29(20)41-6)30(39)36-18-23-15-28-21(17-35-23)10-11-27(38-28)26(34)9-7-8-22-12-13-31(2,3)40-32(4,5)19-37-22/h7-11,14-17,22,28,35,37H,12-13,18-19,34H2,1-6H3,(H,36,39)/b8-7-,26-9-. The Morgan fingerprint density at radius 3 is 2.80 bits per heavy atom. The van der Waals surface area contributed by atoms with E-state index in [-0.39, 0.29) is 35.4 Å². The third-order valence-electron chi connectivity index (χ3n) is 7.32. The number of dihydropyridines is 2. The molecule has 2 atom stereocenters. The molecule has 7 nitrogen and oxygen atoms in total. The van der Waals surface area contributed by atoms with E-state index in [4.69, 9.17) is 15.5 Å². The van der Waals surface area contributed by atoms with Crippen molar-refractivity contribution in [2.24, 2.45) is 10.7 Å². The summed E-state index contributed by atoms with van der Waals surface area (Å²) in [6.07, 6.45) is 17.6. The lowest BCUT2D eigenvalue weighted by Gasteiger charge is -2.40. The molecule has 5 N–H and O–H groups in total. The van der Waals surface area contributed by atoms with E-state index in [1.807, 2.05) is 49.8 Å². The molecule has 1 aromatic rings. The number of hydrogen-bond acceptors (Lipinski definition) is 7. The van der Waals surface area contributed by atoms with Crippen LogP contribution in [0.3, 0.4) is 0 Å². The number of carbonyl (C=O) groups excluding carboxylic acids is 1. The number of fused-ring (bicyclic) bond motifs is 1. The Morgan fingerprint density at radius 2 is 2.05 bits per heavy atom. The fourth-order valence-electron chi connectivity index (χ4n) is 5.18. The summed E-state index contributed by atoms with van der Waals surface area (Å²) >= 11 is 1.48. The van der Waals surface area contributed by atoms with Crippen LogP contribution in [0.4, 0.5) is 4.39 Å². The van der Waals surface area contributed by atoms with E-state index in [1.54, 1.807) is 6.07 Å². The summed E-state index contributed by atoms with van der Waals surface area (Å²) < 4.78 is 20.7. The predicted octanol–water partition coefficient (Wildman–Crippen LogP) is 5.06. The van der Waals surface area contributed by atoms with Crippen LogP contribution in [0.1, 0.15) is 56.5 Å². The predicted molar refractivity (Wildman–Crippen MR) is 167 cm³/mol. The van der Waals surface area contributed by atoms with Gasteiger partial charge in [-0.05, 0) is 95.2 Å². The monoisotopic (exact) mass is 579 g/mol. The Hall–Kier alpha value is -3.14. The number of nitrogens with one attached hydrogen (secondary N) is 3. The van der Waals surface area contributed by atoms with Crippen LogP contribution in [0.2, 0.25) is 0 Å². The lowest BCUT2D eigenvalue weighted by Crippen LogP contribution is -2.49. The first kappa shape index (κ1) is 30.8. The van der Waals surface area contributed by atoms with E-state index in [0.29, 0.717) is 11.4 Å². The van der Waals surface area contributed by atoms with Crippen LogP contribution < -0.4 is 21.7 Å². The number of carbonyl (C=O) groups is 1. The maximum atomic E-state index is 14.4. The van der Waals surface area contributed by atoms with Crippen LogP contribution in [0.25, 0.3) is 0 Å². The number of halogens is 1. The average Bonchev–Trinajstić information content (AvgIpc) is 2.91. The smallest absolute Gasteiger partial charge is 0.254 e. The minimum atomic E-state index is -0.527. The highest BCUT2D eigenvalue weighted by Gasteiger charge is 2.32. The highest BCUT2D eigenvalue weighted by Crippen LogP contribution is 2.28. The summed E-state index contributed by atoms with van der Waals surface area (Å²) in [6.45, 7) is 11.3. The maximum absolute atomic E-state index is 14.4. The number of benzene rings is 1. The number of thioether (sulfide) groups is 1. The van der Waals surface area contributed by atoms with Gasteiger partial charge in [0.25, 0.3) is 5.91 Å². The van der Waals surface area contributed by atoms with Gasteiger partial charge in [0.1, 0.15) is 5.82 Å². The largest absolute Gasteiger partial charge is 0.397 e. The highest BCUT2D eigenvalue weighted by atomic mass is 32.2. The van der Waals surface area contributed by atoms with Crippen molar-refractivity contribution in [3.8, 4) is 0 Å². The average molecular weight is 580 g/mol. The third kappa shape index (κ3) is 8.21. The molecular weight excluding hydrogens is 537 g/mol. The summed E-state index contributed by atoms with van der Waals surface area (Å²) in [7, 11) is 0. The summed E-state index contributed by atoms with van der Waals surface area (Å²) in [5.74, 6) is -0.985. The molecule has 0 bridgehead atoms. The van der Waals surface area contributed by atoms with Gasteiger partial charge in [-0.3, -0.25) is 9.79 Å². The minimum absolute atomic E-state index is 0.0369. The Bertz CT molecular complexity index is 1340. The van der Waals surface area contributed by atoms with Crippen molar-refractivity contribution in [2.45, 2.75) is 75.6 Å². The molecule has 220 valence electrons. The zero-order valence-corrected chi connectivity index (χ0v) is 25.6. The summed E-state index contributed by atoms with van der Waals surface area (Å²) in [5.41, 5.74) is 9.89. The number of rotatable bonds is 7. The number of allylic oxidation sites excluding steroid dienone is 3. The summed E-state index contributed by atoms with van der Waals surface area (Å²) in [4.78, 5) is 18.4. The van der Waals surface area contributed by atoms with Crippen LogP contribution in [-0.4, -0.2) is 54.2 Å². The first-order valence-electron chi connectivity index (χ1n) is 14.0. The second-order valence-corrected chi connectivity index (χ2v) is 12.8. The number of nitrogens with zero attached hydrogens (tertiary/aromatic N) is 1. The molecule has 2 unspecified atom stereocenters. The maximum Gasteiger partial charge on any atom is 0.254 e. The number of amides is 1. The number of hydrogen-bond donors (Lipinski definition) is 4. The zero-order chi connectivity index (χ0) is 29.8. The first-order valence-corrected chi connectivity index (χ1v) is 15.2. The molecule has 0 aliphatic carbocycles. The molecule has 4 rings (SSSR count). The van der Waals surface area contributed by atoms with Crippen molar-refractivity contribution in [3.05, 3.63) is 88.7 Å². The summed E-state index contributed by atoms with van der Waals surface area (Å²) in [5, 5.41) is 9.60. The van der Waals surface area contributed by atoms with E-state index in [1.165, 1.54) is 17.8 Å². The second kappa shape index (κ2) is 12.8. The van der Waals surface area contributed by atoms with Gasteiger partial charge >= 0.3 is 0 Å². The molecule has 41 heavy (non-hydrogen) atoms. The lowest BCUT2D eigenvalue weighted by atomic mass is 9.94. The van der Waals surface area contributed by atoms with Crippen molar-refractivity contribution in [1.82, 2.24) is 16.0 Å². The molecular formula is C32H42FN5O2S. The van der Waals surface area contributed by atoms with Crippen molar-refractivity contribution < 1.29 is 13.9 Å². The molecule has 0 saturated carbocycles. The van der Waals surface area contributed by atoms with E-state index >= 15 is 0 Å². The van der Waals surface area contributed by atoms with E-state index < -0.39 is 11.7 Å². The zero-order valence-electron chi connectivity index (χ0n) is 24.8. The Labute approximate surface area is 247 Å². The fourth-order valence-corrected chi connectivity index (χ4v) is 5.80. The van der Waals surface area contributed by atoms with E-state index in [0.717, 1.165) is 41.1 Å². The van der Waals surface area contributed by atoms with Crippen molar-refractivity contribution in [3.63, 3.8) is 0 Å². The van der Waals surface area contributed by atoms with Crippen LogP contribution >= 0.6 is 11.8 Å². The second-order valence-electron chi connectivity index (χ2n) is 11.9. The van der Waals surface area contributed by atoms with Gasteiger partial charge in [-0.25, -0.2) is 4.39 Å². The van der Waals surface area contributed by atoms with Gasteiger partial charge in [0.15, 0.2) is 0 Å². The highest BCUT2D eigenvalue weighted by molar-refractivity contribution is 7.98. The normalized spacial score (nSPS) is 23.9. The molecule has 1 saturated heterocycles. The number of aliphatic imine (C=N–C) groups is 1. The molecule has 1 amide bonds. The fraction of sp³-hybridized carbons (Fsp3) is 0.438. The van der Waals surface area contributed by atoms with Crippen LogP contribution in [0, 0.1) is 12.7 Å². The Balaban J connectivity index is 1.38. The SMILES string of the molecule is CSc1cc(C(=O)NCC2=CC3N=C(/C(N)=C/C=C\C4CCC(C)(C)OC(C)(C)CN4)C=CC3=CN2)c(F)cc1C. The Morgan fingerprint density at radius 1 is 1.27 bits per heavy atom. The first-order chi connectivity index (χ1) is 19.4. The molecule has 9 heteroatoms. The molecule has 0 spiro atoms. The van der Waals surface area contributed by atoms with Gasteiger partial charge in [-0.1, -0.05) is 18.2 Å². The molecule has 1 aromatic carbocycles. The van der Waals surface area contributed by atoms with Crippen LogP contribution in [0.5, 0.6) is 0 Å². The number of nitrogens with two attached hydrogens (primary N) is 1. The van der Waals surface area contributed by atoms with E-state index in [2.05, 4.69) is 49.7 Å². The van der Waals surface area contributed by atoms with Crippen molar-refractivity contribution >= 4 is 23.4 Å². The van der Waals surface area contributed by atoms with Crippen molar-refractivity contribution in [2.75, 3.05) is 19.3 Å². The number of ether oxygens (including phenoxy) is 1. The van der Waals surface area contributed by atoms with Crippen LogP contribution in [0.15, 0.2) is 81.6 Å². The summed E-state index contributed by atoms with van der Waals surface area (Å²) in [6, 6.07) is 3.00. The van der Waals surface area contributed by atoms with Gasteiger partial charge in [-0.2, -0.15) is 0 Å². The van der Waals surface area contributed by atoms with Gasteiger partial charge in [0.2, 0.25) is 0 Å². The quantitative estimate of drug-likeness (QED) is 0.266. The number of aryl methyl sites for hydroxylation is 1. The Kier molecular flexibility index (Phi) is 9.62. The molecule has 3 heterocycles. The lowest BCUT2D eigenvalue weighted by molar-refractivity contribution is -0.131. The molecule has 0 aromatic heterocycles. The van der Waals surface area contributed by atoms with Crippen molar-refractivity contribution in [1.29, 1.82) is 0 Å².